The quantitative estimate of drug-likeness (QED) is 0.816. The van der Waals surface area contributed by atoms with E-state index < -0.39 is 0 Å². The minimum atomic E-state index is -0.308. The van der Waals surface area contributed by atoms with Gasteiger partial charge in [-0.3, -0.25) is 19.6 Å². The molecule has 3 fully saturated rings. The zero-order chi connectivity index (χ0) is 14.7. The van der Waals surface area contributed by atoms with Crippen molar-refractivity contribution in [2.75, 3.05) is 19.9 Å². The third-order valence-corrected chi connectivity index (χ3v) is 4.15. The molecule has 0 unspecified atom stereocenters. The van der Waals surface area contributed by atoms with Gasteiger partial charge in [-0.15, -0.1) is 0 Å². The van der Waals surface area contributed by atoms with Crippen molar-refractivity contribution >= 4 is 12.1 Å². The maximum Gasteiger partial charge on any atom is 0.325 e. The summed E-state index contributed by atoms with van der Waals surface area (Å²) in [6, 6.07) is -0.0640. The summed E-state index contributed by atoms with van der Waals surface area (Å²) in [6.45, 7) is 10.2. The molecule has 3 heterocycles. The first kappa shape index (κ1) is 13.5. The number of rotatable bonds is 2. The zero-order valence-corrected chi connectivity index (χ0v) is 12.6. The van der Waals surface area contributed by atoms with E-state index in [-0.39, 0.29) is 29.9 Å². The summed E-state index contributed by atoms with van der Waals surface area (Å²) < 4.78 is 0. The van der Waals surface area contributed by atoms with Gasteiger partial charge in [0.25, 0.3) is 0 Å². The van der Waals surface area contributed by atoms with E-state index in [0.29, 0.717) is 13.3 Å². The number of urea groups is 2. The lowest BCUT2D eigenvalue weighted by Gasteiger charge is -2.41. The van der Waals surface area contributed by atoms with Gasteiger partial charge in [-0.1, -0.05) is 6.92 Å². The normalized spacial score (nSPS) is 30.1. The number of nitrogens with one attached hydrogen (secondary N) is 1. The van der Waals surface area contributed by atoms with Gasteiger partial charge >= 0.3 is 12.1 Å². The van der Waals surface area contributed by atoms with Crippen LogP contribution < -0.4 is 5.32 Å². The second kappa shape index (κ2) is 4.25. The van der Waals surface area contributed by atoms with Gasteiger partial charge < -0.3 is 5.32 Å². The van der Waals surface area contributed by atoms with Crippen LogP contribution in [0.1, 0.15) is 34.1 Å². The molecule has 0 aromatic rings. The van der Waals surface area contributed by atoms with Gasteiger partial charge in [-0.2, -0.15) is 0 Å². The Kier molecular flexibility index (Phi) is 2.86. The molecule has 4 amide bonds. The second-order valence-corrected chi connectivity index (χ2v) is 6.75. The number of hydrogen-bond acceptors (Lipinski definition) is 3. The average molecular weight is 281 g/mol. The maximum absolute atomic E-state index is 12.7. The SMILES string of the molecule is CCCN1CN2C(=O)N[C@@H]3[C@H]2N(C1)C(=O)N3C(C)(C)C. The molecule has 0 aliphatic carbocycles. The van der Waals surface area contributed by atoms with Crippen molar-refractivity contribution in [1.29, 1.82) is 0 Å². The van der Waals surface area contributed by atoms with Crippen molar-refractivity contribution in [2.24, 2.45) is 0 Å². The first-order chi connectivity index (χ1) is 9.34. The molecule has 0 saturated carbocycles. The molecule has 7 nitrogen and oxygen atoms in total. The number of nitrogens with zero attached hydrogens (tertiary/aromatic N) is 4. The Morgan fingerprint density at radius 3 is 2.45 bits per heavy atom. The first-order valence-electron chi connectivity index (χ1n) is 7.24. The average Bonchev–Trinajstić information content (AvgIpc) is 2.79. The van der Waals surface area contributed by atoms with Crippen molar-refractivity contribution in [1.82, 2.24) is 24.9 Å². The number of amides is 4. The lowest BCUT2D eigenvalue weighted by molar-refractivity contribution is -0.0104. The van der Waals surface area contributed by atoms with Crippen LogP contribution in [0, 0.1) is 0 Å². The molecule has 0 aromatic heterocycles. The molecule has 112 valence electrons. The van der Waals surface area contributed by atoms with Gasteiger partial charge in [-0.05, 0) is 27.2 Å². The van der Waals surface area contributed by atoms with E-state index in [2.05, 4.69) is 17.1 Å². The standard InChI is InChI=1S/C13H23N5O2/c1-5-6-15-7-16-10-9(14-11(16)19)18(13(2,3)4)12(20)17(10)8-15/h9-10H,5-8H2,1-4H3,(H,14,19)/t9-,10+/m0/s1. The van der Waals surface area contributed by atoms with E-state index in [1.54, 1.807) is 9.80 Å². The largest absolute Gasteiger partial charge is 0.325 e. The Hall–Kier alpha value is -1.50. The zero-order valence-electron chi connectivity index (χ0n) is 12.6. The van der Waals surface area contributed by atoms with Crippen molar-refractivity contribution in [3.05, 3.63) is 0 Å². The maximum atomic E-state index is 12.7. The van der Waals surface area contributed by atoms with E-state index in [1.165, 1.54) is 0 Å². The molecule has 0 radical (unpaired) electrons. The molecule has 3 aliphatic heterocycles. The van der Waals surface area contributed by atoms with Gasteiger partial charge in [0.05, 0.1) is 13.3 Å². The summed E-state index contributed by atoms with van der Waals surface area (Å²) in [5, 5.41) is 2.96. The van der Waals surface area contributed by atoms with Crippen LogP contribution in [0.3, 0.4) is 0 Å². The molecular formula is C13H23N5O2. The molecule has 3 saturated heterocycles. The van der Waals surface area contributed by atoms with Crippen LogP contribution in [-0.4, -0.2) is 69.4 Å². The molecule has 0 aromatic carbocycles. The summed E-state index contributed by atoms with van der Waals surface area (Å²) in [5.74, 6) is 0. The Labute approximate surface area is 119 Å². The number of hydrogen-bond donors (Lipinski definition) is 1. The van der Waals surface area contributed by atoms with E-state index in [9.17, 15) is 9.59 Å². The van der Waals surface area contributed by atoms with E-state index >= 15 is 0 Å². The van der Waals surface area contributed by atoms with Gasteiger partial charge in [0.1, 0.15) is 6.17 Å². The van der Waals surface area contributed by atoms with E-state index in [4.69, 9.17) is 0 Å². The topological polar surface area (TPSA) is 59.1 Å². The molecule has 20 heavy (non-hydrogen) atoms. The number of carbonyl (C=O) groups excluding carboxylic acids is 2. The van der Waals surface area contributed by atoms with Crippen molar-refractivity contribution in [2.45, 2.75) is 52.0 Å². The van der Waals surface area contributed by atoms with Crippen LogP contribution in [0.2, 0.25) is 0 Å². The van der Waals surface area contributed by atoms with Gasteiger partial charge in [0.15, 0.2) is 6.17 Å². The molecule has 2 atom stereocenters. The summed E-state index contributed by atoms with van der Waals surface area (Å²) in [5.41, 5.74) is -0.308. The smallest absolute Gasteiger partial charge is 0.314 e. The highest BCUT2D eigenvalue weighted by molar-refractivity contribution is 5.85. The van der Waals surface area contributed by atoms with Crippen LogP contribution >= 0.6 is 0 Å². The molecular weight excluding hydrogens is 258 g/mol. The highest BCUT2D eigenvalue weighted by Gasteiger charge is 2.59. The summed E-state index contributed by atoms with van der Waals surface area (Å²) in [7, 11) is 0. The fourth-order valence-corrected chi connectivity index (χ4v) is 3.41. The van der Waals surface area contributed by atoms with Crippen LogP contribution in [0.25, 0.3) is 0 Å². The third kappa shape index (κ3) is 1.76. The van der Waals surface area contributed by atoms with Gasteiger partial charge in [-0.25, -0.2) is 9.59 Å². The van der Waals surface area contributed by atoms with Crippen molar-refractivity contribution in [3.63, 3.8) is 0 Å². The predicted octanol–water partition coefficient (Wildman–Crippen LogP) is 0.841. The molecule has 7 heteroatoms. The Morgan fingerprint density at radius 2 is 1.85 bits per heavy atom. The highest BCUT2D eigenvalue weighted by atomic mass is 16.2. The fraction of sp³-hybridized carbons (Fsp3) is 0.846. The van der Waals surface area contributed by atoms with Crippen LogP contribution in [-0.2, 0) is 0 Å². The monoisotopic (exact) mass is 281 g/mol. The Morgan fingerprint density at radius 1 is 1.20 bits per heavy atom. The van der Waals surface area contributed by atoms with Crippen LogP contribution in [0.15, 0.2) is 0 Å². The minimum absolute atomic E-state index is 0.0123. The highest BCUT2D eigenvalue weighted by Crippen LogP contribution is 2.36. The van der Waals surface area contributed by atoms with Gasteiger partial charge in [0, 0.05) is 12.1 Å². The molecule has 0 bridgehead atoms. The predicted molar refractivity (Wildman–Crippen MR) is 73.5 cm³/mol. The first-order valence-corrected chi connectivity index (χ1v) is 7.24. The summed E-state index contributed by atoms with van der Waals surface area (Å²) in [6.07, 6.45) is 0.607. The lowest BCUT2D eigenvalue weighted by Crippen LogP contribution is -2.60. The lowest BCUT2D eigenvalue weighted by atomic mass is 10.1. The molecule has 0 spiro atoms. The van der Waals surface area contributed by atoms with Crippen molar-refractivity contribution < 1.29 is 9.59 Å². The summed E-state index contributed by atoms with van der Waals surface area (Å²) in [4.78, 5) is 32.4. The van der Waals surface area contributed by atoms with Crippen LogP contribution in [0.4, 0.5) is 9.59 Å². The molecule has 3 rings (SSSR count). The number of carbonyl (C=O) groups is 2. The van der Waals surface area contributed by atoms with Crippen molar-refractivity contribution in [3.8, 4) is 0 Å². The van der Waals surface area contributed by atoms with E-state index in [1.807, 2.05) is 25.7 Å². The summed E-state index contributed by atoms with van der Waals surface area (Å²) >= 11 is 0. The Balaban J connectivity index is 1.93. The molecule has 1 N–H and O–H groups in total. The minimum Gasteiger partial charge on any atom is -0.314 e. The second-order valence-electron chi connectivity index (χ2n) is 6.75. The Bertz CT molecular complexity index is 447. The van der Waals surface area contributed by atoms with Crippen LogP contribution in [0.5, 0.6) is 0 Å². The molecule has 3 aliphatic rings. The fourth-order valence-electron chi connectivity index (χ4n) is 3.41. The third-order valence-electron chi connectivity index (χ3n) is 4.15. The van der Waals surface area contributed by atoms with Gasteiger partial charge in [0.2, 0.25) is 0 Å². The van der Waals surface area contributed by atoms with E-state index in [0.717, 1.165) is 13.0 Å².